The zero-order valence-electron chi connectivity index (χ0n) is 39.1. The van der Waals surface area contributed by atoms with Gasteiger partial charge in [-0.3, -0.25) is 24.0 Å². The number of ether oxygens (including phenoxy) is 10. The maximum atomic E-state index is 14.1. The molecule has 0 aromatic heterocycles. The van der Waals surface area contributed by atoms with Crippen LogP contribution in [-0.4, -0.2) is 160 Å². The minimum atomic E-state index is -5.16. The van der Waals surface area contributed by atoms with Gasteiger partial charge in [0, 0.05) is 93.8 Å². The first-order valence-electron chi connectivity index (χ1n) is 21.6. The van der Waals surface area contributed by atoms with Crippen LogP contribution in [0.15, 0.2) is 47.6 Å². The molecule has 5 rings (SSSR count). The Bertz CT molecular complexity index is 2510. The van der Waals surface area contributed by atoms with Gasteiger partial charge in [-0.1, -0.05) is 5.11 Å². The van der Waals surface area contributed by atoms with Gasteiger partial charge in [-0.05, 0) is 52.9 Å². The van der Waals surface area contributed by atoms with Crippen molar-refractivity contribution in [1.82, 2.24) is 4.90 Å². The van der Waals surface area contributed by atoms with Gasteiger partial charge in [-0.2, -0.15) is 0 Å². The summed E-state index contributed by atoms with van der Waals surface area (Å²) in [4.78, 5) is 67.0. The summed E-state index contributed by atoms with van der Waals surface area (Å²) in [6, 6.07) is 9.95. The van der Waals surface area contributed by atoms with Gasteiger partial charge >= 0.3 is 34.3 Å². The van der Waals surface area contributed by atoms with Crippen LogP contribution in [0.25, 0.3) is 21.2 Å². The highest BCUT2D eigenvalue weighted by Crippen LogP contribution is 2.44. The van der Waals surface area contributed by atoms with Gasteiger partial charge in [0.25, 0.3) is 5.91 Å². The number of likely N-dealkylation sites (N-methyl/N-ethyl adjacent to an activating group) is 1. The van der Waals surface area contributed by atoms with E-state index in [1.165, 1.54) is 37.3 Å². The summed E-state index contributed by atoms with van der Waals surface area (Å²) in [6.07, 6.45) is -8.15. The lowest BCUT2D eigenvalue weighted by molar-refractivity contribution is -0.288. The van der Waals surface area contributed by atoms with Crippen LogP contribution in [0.4, 0.5) is 5.69 Å². The second kappa shape index (κ2) is 26.0. The molecule has 0 spiro atoms. The molecular weight excluding hydrogens is 970 g/mol. The summed E-state index contributed by atoms with van der Waals surface area (Å²) in [5.74, 6) is -4.65. The molecule has 6 atom stereocenters. The third-order valence-corrected chi connectivity index (χ3v) is 11.4. The third kappa shape index (κ3) is 15.3. The quantitative estimate of drug-likeness (QED) is 0.0224. The normalized spacial score (nSPS) is 19.4. The van der Waals surface area contributed by atoms with Gasteiger partial charge in [0.15, 0.2) is 29.5 Å². The number of hydrogen-bond acceptors (Lipinski definition) is 21. The Morgan fingerprint density at radius 2 is 1.44 bits per heavy atom. The number of nitrogens with zero attached hydrogens (tertiary/aromatic N) is 4. The monoisotopic (exact) mass is 1020 g/mol. The SMILES string of the molecule is COc1ccc2c(OS(=O)(=O)Oc3cc(C(=O)N(C)CCOCCOCCOCCN=[N+]=[N-])ccc3OC3O[C@H](COC(C)=O)[C@H](OC(C)=O)[C@H](OC(C)=O)[C@@H]3OC(C)=O)cc3c(c2c1)[C@H](CCl)CN3. The number of benzene rings is 3. The lowest BCUT2D eigenvalue weighted by Gasteiger charge is -2.43. The summed E-state index contributed by atoms with van der Waals surface area (Å²) in [5.41, 5.74) is 9.59. The lowest BCUT2D eigenvalue weighted by Crippen LogP contribution is -2.63. The number of esters is 4. The fraction of sp³-hybridized carbons (Fsp3) is 0.523. The lowest BCUT2D eigenvalue weighted by atomic mass is 9.95. The van der Waals surface area contributed by atoms with Crippen LogP contribution >= 0.6 is 11.6 Å². The highest BCUT2D eigenvalue weighted by atomic mass is 35.5. The molecule has 2 aliphatic heterocycles. The van der Waals surface area contributed by atoms with Crippen molar-refractivity contribution in [1.29, 1.82) is 0 Å². The molecule has 0 aliphatic carbocycles. The van der Waals surface area contributed by atoms with Gasteiger partial charge in [0.2, 0.25) is 12.4 Å². The number of amides is 1. The first kappa shape index (κ1) is 54.6. The molecule has 0 radical (unpaired) electrons. The van der Waals surface area contributed by atoms with Crippen molar-refractivity contribution in [2.24, 2.45) is 5.11 Å². The van der Waals surface area contributed by atoms with E-state index in [1.807, 2.05) is 0 Å². The topological polar surface area (TPSA) is 294 Å². The molecule has 26 heteroatoms. The van der Waals surface area contributed by atoms with Crippen LogP contribution in [0.5, 0.6) is 23.0 Å². The summed E-state index contributed by atoms with van der Waals surface area (Å²) in [7, 11) is -2.19. The van der Waals surface area contributed by atoms with E-state index in [1.54, 1.807) is 18.2 Å². The molecule has 0 bridgehead atoms. The van der Waals surface area contributed by atoms with E-state index < -0.39 is 89.0 Å². The molecule has 3 aromatic rings. The van der Waals surface area contributed by atoms with Gasteiger partial charge in [-0.25, -0.2) is 0 Å². The number of anilines is 1. The van der Waals surface area contributed by atoms with E-state index in [0.29, 0.717) is 28.8 Å². The number of azide groups is 1. The molecule has 382 valence electrons. The van der Waals surface area contributed by atoms with Crippen LogP contribution in [0.2, 0.25) is 0 Å². The first-order valence-corrected chi connectivity index (χ1v) is 23.5. The first-order chi connectivity index (χ1) is 33.4. The average molecular weight is 1020 g/mol. The van der Waals surface area contributed by atoms with E-state index in [-0.39, 0.29) is 75.8 Å². The molecule has 1 amide bonds. The van der Waals surface area contributed by atoms with Gasteiger partial charge in [-0.15, -0.1) is 20.0 Å². The average Bonchev–Trinajstić information content (AvgIpc) is 3.73. The molecule has 1 saturated heterocycles. The minimum Gasteiger partial charge on any atom is -0.497 e. The summed E-state index contributed by atoms with van der Waals surface area (Å²) in [5, 5.41) is 7.56. The van der Waals surface area contributed by atoms with Crippen LogP contribution in [0.1, 0.15) is 49.5 Å². The van der Waals surface area contributed by atoms with Crippen LogP contribution < -0.4 is 23.2 Å². The number of methoxy groups -OCH3 is 1. The van der Waals surface area contributed by atoms with Crippen molar-refractivity contribution >= 4 is 68.2 Å². The zero-order valence-corrected chi connectivity index (χ0v) is 40.7. The fourth-order valence-electron chi connectivity index (χ4n) is 7.31. The highest BCUT2D eigenvalue weighted by Gasteiger charge is 2.53. The number of alkyl halides is 1. The summed E-state index contributed by atoms with van der Waals surface area (Å²) < 4.78 is 95.2. The van der Waals surface area contributed by atoms with E-state index in [4.69, 9.17) is 72.9 Å². The second-order valence-electron chi connectivity index (χ2n) is 15.4. The van der Waals surface area contributed by atoms with E-state index in [2.05, 4.69) is 15.3 Å². The predicted molar refractivity (Wildman–Crippen MR) is 245 cm³/mol. The molecule has 0 saturated carbocycles. The maximum absolute atomic E-state index is 14.1. The van der Waals surface area contributed by atoms with Crippen molar-refractivity contribution in [2.75, 3.05) is 91.2 Å². The van der Waals surface area contributed by atoms with Crippen molar-refractivity contribution in [3.05, 3.63) is 64.0 Å². The zero-order chi connectivity index (χ0) is 51.0. The summed E-state index contributed by atoms with van der Waals surface area (Å²) >= 11 is 6.31. The molecule has 3 aromatic carbocycles. The van der Waals surface area contributed by atoms with E-state index in [0.717, 1.165) is 39.3 Å². The third-order valence-electron chi connectivity index (χ3n) is 10.3. The van der Waals surface area contributed by atoms with Crippen molar-refractivity contribution < 1.29 is 88.1 Å². The second-order valence-corrected chi connectivity index (χ2v) is 16.9. The van der Waals surface area contributed by atoms with Crippen LogP contribution in [-0.2, 0) is 67.5 Å². The smallest absolute Gasteiger partial charge is 0.497 e. The largest absolute Gasteiger partial charge is 0.501 e. The molecular formula is C44H54ClN5O19S. The molecule has 2 aliphatic rings. The highest BCUT2D eigenvalue weighted by molar-refractivity contribution is 7.82. The van der Waals surface area contributed by atoms with E-state index in [9.17, 15) is 32.4 Å². The fourth-order valence-corrected chi connectivity index (χ4v) is 8.31. The number of hydrogen-bond donors (Lipinski definition) is 1. The van der Waals surface area contributed by atoms with Crippen LogP contribution in [0.3, 0.4) is 0 Å². The number of halogens is 1. The summed E-state index contributed by atoms with van der Waals surface area (Å²) in [6.45, 7) is 5.73. The number of carbonyl (C=O) groups excluding carboxylic acids is 5. The Balaban J connectivity index is 1.46. The Kier molecular flexibility index (Phi) is 20.3. The molecule has 1 fully saturated rings. The molecule has 70 heavy (non-hydrogen) atoms. The number of carbonyl (C=O) groups is 5. The van der Waals surface area contributed by atoms with Gasteiger partial charge in [0.05, 0.1) is 46.8 Å². The molecule has 2 heterocycles. The molecule has 1 N–H and O–H groups in total. The molecule has 1 unspecified atom stereocenters. The van der Waals surface area contributed by atoms with E-state index >= 15 is 0 Å². The Labute approximate surface area is 407 Å². The van der Waals surface area contributed by atoms with Crippen molar-refractivity contribution in [2.45, 2.75) is 64.3 Å². The van der Waals surface area contributed by atoms with Crippen molar-refractivity contribution in [3.63, 3.8) is 0 Å². The molecule has 24 nitrogen and oxygen atoms in total. The predicted octanol–water partition coefficient (Wildman–Crippen LogP) is 4.19. The van der Waals surface area contributed by atoms with Gasteiger partial charge < -0.3 is 66.0 Å². The minimum absolute atomic E-state index is 0.0801. The standard InChI is InChI=1S/C44H54ClN5O19S/c1-25(51)62-24-38-40(63-26(2)52)41(64-27(3)53)42(65-28(4)54)44(67-38)66-35-10-7-29(43(55)50(5)12-14-60-16-18-61-17-15-59-13-11-48-49-46)19-37(35)69-70(56,57)68-36-21-34-39(30(22-45)23-47-34)33-20-31(58-6)8-9-32(33)36/h7-10,19-21,30,38,40-42,44,47H,11-18,22-24H2,1-6H3/t30-,38-,40+,41+,42+,44?/m1/s1. The van der Waals surface area contributed by atoms with Crippen molar-refractivity contribution in [3.8, 4) is 23.0 Å². The Morgan fingerprint density at radius 3 is 2.09 bits per heavy atom. The number of nitrogens with one attached hydrogen (secondary N) is 1. The Morgan fingerprint density at radius 1 is 0.800 bits per heavy atom. The van der Waals surface area contributed by atoms with Gasteiger partial charge in [0.1, 0.15) is 18.5 Å². The van der Waals surface area contributed by atoms with Crippen LogP contribution in [0, 0.1) is 0 Å². The number of rotatable bonds is 26. The Hall–Kier alpha value is -6.34. The maximum Gasteiger partial charge on any atom is 0.501 e. The number of fused-ring (bicyclic) bond motifs is 3.